The zero-order valence-electron chi connectivity index (χ0n) is 19.6. The molecule has 0 unspecified atom stereocenters. The van der Waals surface area contributed by atoms with Gasteiger partial charge in [-0.15, -0.1) is 0 Å². The van der Waals surface area contributed by atoms with Gasteiger partial charge in [0.1, 0.15) is 24.7 Å². The van der Waals surface area contributed by atoms with Crippen molar-refractivity contribution in [1.82, 2.24) is 15.0 Å². The number of benzene rings is 3. The van der Waals surface area contributed by atoms with Crippen LogP contribution in [0.25, 0.3) is 34.2 Å². The maximum absolute atomic E-state index is 11.1. The van der Waals surface area contributed by atoms with E-state index in [9.17, 15) is 9.90 Å². The van der Waals surface area contributed by atoms with Gasteiger partial charge >= 0.3 is 5.97 Å². The smallest absolute Gasteiger partial charge is 0.330 e. The summed E-state index contributed by atoms with van der Waals surface area (Å²) in [6, 6.07) is 20.7. The maximum Gasteiger partial charge on any atom is 0.330 e. The number of hydrogen-bond donors (Lipinski definition) is 1. The average Bonchev–Trinajstić information content (AvgIpc) is 2.87. The molecule has 0 saturated heterocycles. The van der Waals surface area contributed by atoms with Gasteiger partial charge in [0.15, 0.2) is 17.5 Å². The molecule has 7 heteroatoms. The third-order valence-electron chi connectivity index (χ3n) is 5.23. The van der Waals surface area contributed by atoms with Gasteiger partial charge in [0.2, 0.25) is 0 Å². The van der Waals surface area contributed by atoms with Crippen molar-refractivity contribution in [3.8, 4) is 45.7 Å². The van der Waals surface area contributed by atoms with E-state index in [0.29, 0.717) is 28.8 Å². The number of hydrogen-bond acceptors (Lipinski definition) is 7. The number of carbonyl (C=O) groups is 1. The quantitative estimate of drug-likeness (QED) is 0.213. The average molecular weight is 468 g/mol. The predicted octanol–water partition coefficient (Wildman–Crippen LogP) is 5.30. The first-order valence-corrected chi connectivity index (χ1v) is 11.1. The van der Waals surface area contributed by atoms with Crippen molar-refractivity contribution in [3.05, 3.63) is 90.5 Å². The molecule has 1 aromatic heterocycles. The lowest BCUT2D eigenvalue weighted by Crippen LogP contribution is -2.10. The van der Waals surface area contributed by atoms with Gasteiger partial charge in [-0.2, -0.15) is 0 Å². The minimum absolute atomic E-state index is 0.0403. The number of ether oxygens (including phenoxy) is 2. The molecule has 0 saturated carbocycles. The van der Waals surface area contributed by atoms with Crippen molar-refractivity contribution in [3.63, 3.8) is 0 Å². The van der Waals surface area contributed by atoms with Crippen LogP contribution in [-0.4, -0.2) is 39.2 Å². The molecule has 176 valence electrons. The van der Waals surface area contributed by atoms with E-state index in [-0.39, 0.29) is 19.0 Å². The first-order chi connectivity index (χ1) is 16.9. The largest absolute Gasteiger partial charge is 0.507 e. The fourth-order valence-electron chi connectivity index (χ4n) is 3.31. The fourth-order valence-corrected chi connectivity index (χ4v) is 3.31. The Balaban J connectivity index is 1.67. The number of carbonyl (C=O) groups excluding carboxylic acids is 1. The van der Waals surface area contributed by atoms with Gasteiger partial charge in [-0.25, -0.2) is 19.7 Å². The van der Waals surface area contributed by atoms with Crippen molar-refractivity contribution in [1.29, 1.82) is 0 Å². The third-order valence-corrected chi connectivity index (χ3v) is 5.23. The summed E-state index contributed by atoms with van der Waals surface area (Å²) in [7, 11) is 0. The summed E-state index contributed by atoms with van der Waals surface area (Å²) in [6.45, 7) is 7.59. The Labute approximate surface area is 203 Å². The van der Waals surface area contributed by atoms with Crippen molar-refractivity contribution < 1.29 is 19.4 Å². The SMILES string of the molecule is C=CC(=O)OCCOc1ccc(-c2nc(-c3ccc(C)cc3)nc(-c3ccc(C)cc3)n2)c(O)c1. The molecular formula is C28H25N3O4. The predicted molar refractivity (Wildman–Crippen MR) is 134 cm³/mol. The van der Waals surface area contributed by atoms with Gasteiger partial charge in [0, 0.05) is 23.3 Å². The van der Waals surface area contributed by atoms with Gasteiger partial charge in [0.25, 0.3) is 0 Å². The summed E-state index contributed by atoms with van der Waals surface area (Å²) in [6.07, 6.45) is 1.09. The molecule has 0 aliphatic heterocycles. The summed E-state index contributed by atoms with van der Waals surface area (Å²) in [5.74, 6) is 1.23. The summed E-state index contributed by atoms with van der Waals surface area (Å²) < 4.78 is 10.4. The van der Waals surface area contributed by atoms with Crippen LogP contribution >= 0.6 is 0 Å². The second-order valence-corrected chi connectivity index (χ2v) is 7.94. The minimum Gasteiger partial charge on any atom is -0.507 e. The molecule has 0 atom stereocenters. The number of aromatic hydroxyl groups is 1. The van der Waals surface area contributed by atoms with E-state index in [2.05, 4.69) is 16.5 Å². The van der Waals surface area contributed by atoms with Crippen LogP contribution in [-0.2, 0) is 9.53 Å². The fraction of sp³-hybridized carbons (Fsp3) is 0.143. The molecule has 0 amide bonds. The van der Waals surface area contributed by atoms with E-state index >= 15 is 0 Å². The lowest BCUT2D eigenvalue weighted by Gasteiger charge is -2.11. The summed E-state index contributed by atoms with van der Waals surface area (Å²) in [5.41, 5.74) is 4.41. The summed E-state index contributed by atoms with van der Waals surface area (Å²) in [5, 5.41) is 10.7. The standard InChI is InChI=1S/C28H25N3O4/c1-4-25(33)35-16-15-34-22-13-14-23(24(32)17-22)28-30-26(20-9-5-18(2)6-10-20)29-27(31-28)21-11-7-19(3)8-12-21/h4-14,17,32H,1,15-16H2,2-3H3. The van der Waals surface area contributed by atoms with Gasteiger partial charge in [-0.1, -0.05) is 66.2 Å². The molecule has 4 rings (SSSR count). The van der Waals surface area contributed by atoms with Crippen molar-refractivity contribution in [2.45, 2.75) is 13.8 Å². The van der Waals surface area contributed by atoms with Crippen LogP contribution < -0.4 is 4.74 Å². The van der Waals surface area contributed by atoms with Crippen LogP contribution in [0.15, 0.2) is 79.4 Å². The Bertz CT molecular complexity index is 1290. The Hall–Kier alpha value is -4.52. The Kier molecular flexibility index (Phi) is 7.16. The van der Waals surface area contributed by atoms with E-state index in [4.69, 9.17) is 14.5 Å². The van der Waals surface area contributed by atoms with E-state index in [1.54, 1.807) is 12.1 Å². The van der Waals surface area contributed by atoms with E-state index in [1.165, 1.54) is 6.07 Å². The van der Waals surface area contributed by atoms with Gasteiger partial charge in [0.05, 0.1) is 5.56 Å². The van der Waals surface area contributed by atoms with Crippen molar-refractivity contribution in [2.75, 3.05) is 13.2 Å². The van der Waals surface area contributed by atoms with Gasteiger partial charge in [-0.05, 0) is 26.0 Å². The first kappa shape index (κ1) is 23.6. The lowest BCUT2D eigenvalue weighted by atomic mass is 10.1. The summed E-state index contributed by atoms with van der Waals surface area (Å²) in [4.78, 5) is 25.1. The van der Waals surface area contributed by atoms with Crippen LogP contribution in [0.4, 0.5) is 0 Å². The Morgan fingerprint density at radius 1 is 0.829 bits per heavy atom. The number of phenols is 1. The zero-order chi connectivity index (χ0) is 24.8. The monoisotopic (exact) mass is 467 g/mol. The Morgan fingerprint density at radius 3 is 1.89 bits per heavy atom. The second kappa shape index (κ2) is 10.6. The molecule has 3 aromatic carbocycles. The molecule has 35 heavy (non-hydrogen) atoms. The summed E-state index contributed by atoms with van der Waals surface area (Å²) >= 11 is 0. The highest BCUT2D eigenvalue weighted by molar-refractivity contribution is 5.81. The Morgan fingerprint density at radius 2 is 1.37 bits per heavy atom. The topological polar surface area (TPSA) is 94.4 Å². The lowest BCUT2D eigenvalue weighted by molar-refractivity contribution is -0.138. The van der Waals surface area contributed by atoms with Gasteiger partial charge in [-0.3, -0.25) is 0 Å². The van der Waals surface area contributed by atoms with Crippen LogP contribution in [0.3, 0.4) is 0 Å². The number of nitrogens with zero attached hydrogens (tertiary/aromatic N) is 3. The number of aryl methyl sites for hydroxylation is 2. The molecule has 4 aromatic rings. The van der Waals surface area contributed by atoms with Crippen LogP contribution in [0.2, 0.25) is 0 Å². The molecule has 1 heterocycles. The van der Waals surface area contributed by atoms with Crippen LogP contribution in [0.5, 0.6) is 11.5 Å². The molecule has 1 N–H and O–H groups in total. The van der Waals surface area contributed by atoms with Crippen molar-refractivity contribution >= 4 is 5.97 Å². The van der Waals surface area contributed by atoms with Gasteiger partial charge < -0.3 is 14.6 Å². The second-order valence-electron chi connectivity index (χ2n) is 7.94. The third kappa shape index (κ3) is 5.89. The van der Waals surface area contributed by atoms with E-state index in [0.717, 1.165) is 28.3 Å². The number of phenolic OH excluding ortho intramolecular Hbond substituents is 1. The molecule has 7 nitrogen and oxygen atoms in total. The number of aromatic nitrogens is 3. The normalized spacial score (nSPS) is 10.6. The minimum atomic E-state index is -0.518. The van der Waals surface area contributed by atoms with Crippen LogP contribution in [0.1, 0.15) is 11.1 Å². The highest BCUT2D eigenvalue weighted by Crippen LogP contribution is 2.32. The molecule has 0 bridgehead atoms. The molecule has 0 aliphatic rings. The highest BCUT2D eigenvalue weighted by atomic mass is 16.6. The first-order valence-electron chi connectivity index (χ1n) is 11.1. The molecule has 0 fully saturated rings. The molecule has 0 aliphatic carbocycles. The number of esters is 1. The van der Waals surface area contributed by atoms with E-state index in [1.807, 2.05) is 62.4 Å². The zero-order valence-corrected chi connectivity index (χ0v) is 19.6. The highest BCUT2D eigenvalue weighted by Gasteiger charge is 2.15. The molecular weight excluding hydrogens is 442 g/mol. The molecule has 0 radical (unpaired) electrons. The van der Waals surface area contributed by atoms with Crippen LogP contribution in [0, 0.1) is 13.8 Å². The van der Waals surface area contributed by atoms with E-state index < -0.39 is 5.97 Å². The maximum atomic E-state index is 11.1. The number of rotatable bonds is 8. The van der Waals surface area contributed by atoms with Crippen molar-refractivity contribution in [2.24, 2.45) is 0 Å². The molecule has 0 spiro atoms.